The number of amides is 1. The number of benzene rings is 1. The number of carbonyl (C=O) groups excluding carboxylic acids is 2. The van der Waals surface area contributed by atoms with Crippen molar-refractivity contribution in [3.8, 4) is 0 Å². The summed E-state index contributed by atoms with van der Waals surface area (Å²) in [7, 11) is 0. The second-order valence-corrected chi connectivity index (χ2v) is 5.27. The maximum Gasteiger partial charge on any atom is 0.346 e. The zero-order chi connectivity index (χ0) is 17.0. The number of hydrogen-bond donors (Lipinski definition) is 2. The lowest BCUT2D eigenvalue weighted by atomic mass is 10.2. The van der Waals surface area contributed by atoms with Crippen LogP contribution in [0.4, 0.5) is 5.88 Å². The Balaban J connectivity index is 1.93. The molecule has 0 radical (unpaired) electrons. The van der Waals surface area contributed by atoms with Crippen LogP contribution in [0.15, 0.2) is 28.8 Å². The molecular weight excluding hydrogens is 322 g/mol. The van der Waals surface area contributed by atoms with Crippen molar-refractivity contribution in [2.24, 2.45) is 0 Å². The first-order valence-corrected chi connectivity index (χ1v) is 7.21. The van der Waals surface area contributed by atoms with E-state index < -0.39 is 18.0 Å². The fourth-order valence-electron chi connectivity index (χ4n) is 1.88. The zero-order valence-electron chi connectivity index (χ0n) is 12.6. The first-order valence-electron chi connectivity index (χ1n) is 6.84. The van der Waals surface area contributed by atoms with Crippen molar-refractivity contribution in [2.75, 3.05) is 5.73 Å². The van der Waals surface area contributed by atoms with Gasteiger partial charge in [0.2, 0.25) is 5.88 Å². The number of anilines is 1. The summed E-state index contributed by atoms with van der Waals surface area (Å²) in [4.78, 5) is 24.0. The minimum atomic E-state index is -1.00. The molecule has 1 heterocycles. The molecule has 1 amide bonds. The van der Waals surface area contributed by atoms with Gasteiger partial charge in [0.15, 0.2) is 6.10 Å². The van der Waals surface area contributed by atoms with Crippen molar-refractivity contribution in [1.29, 1.82) is 0 Å². The van der Waals surface area contributed by atoms with Gasteiger partial charge in [-0.3, -0.25) is 4.79 Å². The first-order chi connectivity index (χ1) is 10.9. The molecule has 8 heteroatoms. The predicted molar refractivity (Wildman–Crippen MR) is 83.8 cm³/mol. The predicted octanol–water partition coefficient (Wildman–Crippen LogP) is 2.08. The van der Waals surface area contributed by atoms with Gasteiger partial charge in [-0.15, -0.1) is 0 Å². The Bertz CT molecular complexity index is 710. The van der Waals surface area contributed by atoms with E-state index in [1.165, 1.54) is 6.92 Å². The number of aromatic nitrogens is 1. The summed E-state index contributed by atoms with van der Waals surface area (Å²) in [6.45, 7) is 3.24. The second-order valence-electron chi connectivity index (χ2n) is 4.86. The molecule has 0 spiro atoms. The molecule has 23 heavy (non-hydrogen) atoms. The zero-order valence-corrected chi connectivity index (χ0v) is 13.4. The van der Waals surface area contributed by atoms with Gasteiger partial charge in [0.25, 0.3) is 5.91 Å². The molecule has 0 bridgehead atoms. The Kier molecular flexibility index (Phi) is 5.23. The summed E-state index contributed by atoms with van der Waals surface area (Å²) >= 11 is 6.01. The molecule has 0 aliphatic heterocycles. The standard InChI is InChI=1S/C15H16ClN3O4/c1-8-12(13(17)23-19-8)15(21)22-9(2)14(20)18-7-10-5-3-4-6-11(10)16/h3-6,9H,7,17H2,1-2H3,(H,18,20). The highest BCUT2D eigenvalue weighted by atomic mass is 35.5. The van der Waals surface area contributed by atoms with E-state index in [1.807, 2.05) is 6.07 Å². The van der Waals surface area contributed by atoms with E-state index in [4.69, 9.17) is 22.1 Å². The first kappa shape index (κ1) is 16.8. The molecule has 1 aromatic carbocycles. The highest BCUT2D eigenvalue weighted by molar-refractivity contribution is 6.31. The average Bonchev–Trinajstić information content (AvgIpc) is 2.85. The Morgan fingerprint density at radius 3 is 2.74 bits per heavy atom. The van der Waals surface area contributed by atoms with Gasteiger partial charge in [-0.25, -0.2) is 4.79 Å². The van der Waals surface area contributed by atoms with Crippen LogP contribution >= 0.6 is 11.6 Å². The maximum absolute atomic E-state index is 12.0. The summed E-state index contributed by atoms with van der Waals surface area (Å²) in [6.07, 6.45) is -1.00. The van der Waals surface area contributed by atoms with E-state index in [0.717, 1.165) is 5.56 Å². The average molecular weight is 338 g/mol. The van der Waals surface area contributed by atoms with Crippen LogP contribution in [0.2, 0.25) is 5.02 Å². The van der Waals surface area contributed by atoms with E-state index in [9.17, 15) is 9.59 Å². The number of carbonyl (C=O) groups is 2. The number of esters is 1. The van der Waals surface area contributed by atoms with Crippen LogP contribution in [0, 0.1) is 6.92 Å². The molecule has 0 aliphatic carbocycles. The number of nitrogens with two attached hydrogens (primary N) is 1. The Labute approximate surface area is 137 Å². The third-order valence-corrected chi connectivity index (χ3v) is 3.53. The number of hydrogen-bond acceptors (Lipinski definition) is 6. The topological polar surface area (TPSA) is 107 Å². The van der Waals surface area contributed by atoms with Crippen molar-refractivity contribution < 1.29 is 18.8 Å². The van der Waals surface area contributed by atoms with Crippen molar-refractivity contribution >= 4 is 29.4 Å². The molecule has 0 saturated carbocycles. The van der Waals surface area contributed by atoms with Crippen LogP contribution < -0.4 is 11.1 Å². The molecule has 2 rings (SSSR count). The number of nitrogens with one attached hydrogen (secondary N) is 1. The van der Waals surface area contributed by atoms with Crippen LogP contribution in [0.5, 0.6) is 0 Å². The van der Waals surface area contributed by atoms with Crippen LogP contribution in [0.3, 0.4) is 0 Å². The summed E-state index contributed by atoms with van der Waals surface area (Å²) in [5.74, 6) is -1.36. The molecule has 3 N–H and O–H groups in total. The minimum absolute atomic E-state index is 0.0238. The van der Waals surface area contributed by atoms with Crippen LogP contribution in [-0.4, -0.2) is 23.1 Å². The second kappa shape index (κ2) is 7.15. The lowest BCUT2D eigenvalue weighted by Gasteiger charge is -2.13. The molecule has 0 saturated heterocycles. The molecule has 1 atom stereocenters. The number of ether oxygens (including phenoxy) is 1. The Morgan fingerprint density at radius 2 is 2.13 bits per heavy atom. The van der Waals surface area contributed by atoms with E-state index in [2.05, 4.69) is 15.0 Å². The van der Waals surface area contributed by atoms with E-state index in [-0.39, 0.29) is 18.0 Å². The maximum atomic E-state index is 12.0. The van der Waals surface area contributed by atoms with E-state index >= 15 is 0 Å². The molecule has 2 aromatic rings. The van der Waals surface area contributed by atoms with Crippen molar-refractivity contribution in [2.45, 2.75) is 26.5 Å². The van der Waals surface area contributed by atoms with E-state index in [0.29, 0.717) is 10.7 Å². The van der Waals surface area contributed by atoms with Crippen LogP contribution in [-0.2, 0) is 16.1 Å². The third kappa shape index (κ3) is 4.01. The monoisotopic (exact) mass is 337 g/mol. The summed E-state index contributed by atoms with van der Waals surface area (Å²) in [5, 5.41) is 6.75. The van der Waals surface area contributed by atoms with Crippen LogP contribution in [0.25, 0.3) is 0 Å². The fourth-order valence-corrected chi connectivity index (χ4v) is 2.08. The molecule has 7 nitrogen and oxygen atoms in total. The van der Waals surface area contributed by atoms with Gasteiger partial charge in [0.1, 0.15) is 5.56 Å². The number of nitrogen functional groups attached to an aromatic ring is 1. The largest absolute Gasteiger partial charge is 0.449 e. The molecule has 1 unspecified atom stereocenters. The highest BCUT2D eigenvalue weighted by Gasteiger charge is 2.24. The Hall–Kier alpha value is -2.54. The highest BCUT2D eigenvalue weighted by Crippen LogP contribution is 2.17. The van der Waals surface area contributed by atoms with Gasteiger partial charge in [0.05, 0.1) is 5.69 Å². The number of aryl methyl sites for hydroxylation is 1. The third-order valence-electron chi connectivity index (χ3n) is 3.16. The Morgan fingerprint density at radius 1 is 1.43 bits per heavy atom. The quantitative estimate of drug-likeness (QED) is 0.809. The lowest BCUT2D eigenvalue weighted by molar-refractivity contribution is -0.129. The number of nitrogens with zero attached hydrogens (tertiary/aromatic N) is 1. The molecule has 122 valence electrons. The SMILES string of the molecule is Cc1noc(N)c1C(=O)OC(C)C(=O)NCc1ccccc1Cl. The van der Waals surface area contributed by atoms with Crippen molar-refractivity contribution in [3.05, 3.63) is 46.1 Å². The minimum Gasteiger partial charge on any atom is -0.449 e. The summed E-state index contributed by atoms with van der Waals surface area (Å²) in [5.41, 5.74) is 6.59. The van der Waals surface area contributed by atoms with Gasteiger partial charge in [-0.1, -0.05) is 35.0 Å². The van der Waals surface area contributed by atoms with Gasteiger partial charge in [-0.2, -0.15) is 0 Å². The molecule has 0 aliphatic rings. The normalized spacial score (nSPS) is 11.8. The molecule has 1 aromatic heterocycles. The van der Waals surface area contributed by atoms with Gasteiger partial charge < -0.3 is 20.3 Å². The van der Waals surface area contributed by atoms with E-state index in [1.54, 1.807) is 25.1 Å². The van der Waals surface area contributed by atoms with Crippen molar-refractivity contribution in [3.63, 3.8) is 0 Å². The van der Waals surface area contributed by atoms with Crippen molar-refractivity contribution in [1.82, 2.24) is 10.5 Å². The van der Waals surface area contributed by atoms with Gasteiger partial charge in [0, 0.05) is 11.6 Å². The lowest BCUT2D eigenvalue weighted by Crippen LogP contribution is -2.35. The summed E-state index contributed by atoms with van der Waals surface area (Å²) < 4.78 is 9.76. The molecular formula is C15H16ClN3O4. The van der Waals surface area contributed by atoms with Crippen LogP contribution in [0.1, 0.15) is 28.5 Å². The number of halogens is 1. The van der Waals surface area contributed by atoms with Gasteiger partial charge >= 0.3 is 5.97 Å². The smallest absolute Gasteiger partial charge is 0.346 e. The van der Waals surface area contributed by atoms with Gasteiger partial charge in [-0.05, 0) is 25.5 Å². The fraction of sp³-hybridized carbons (Fsp3) is 0.267. The summed E-state index contributed by atoms with van der Waals surface area (Å²) in [6, 6.07) is 7.13. The number of rotatable bonds is 5. The molecule has 0 fully saturated rings.